The summed E-state index contributed by atoms with van der Waals surface area (Å²) in [5.41, 5.74) is 3.01. The summed E-state index contributed by atoms with van der Waals surface area (Å²) in [7, 11) is 3.89. The van der Waals surface area contributed by atoms with Gasteiger partial charge in [0.2, 0.25) is 0 Å². The number of allylic oxidation sites excluding steroid dienone is 1. The second kappa shape index (κ2) is 10.3. The number of hydrazone groups is 1. The monoisotopic (exact) mass is 443 g/mol. The Morgan fingerprint density at radius 1 is 1.29 bits per heavy atom. The van der Waals surface area contributed by atoms with Crippen molar-refractivity contribution in [1.82, 2.24) is 14.9 Å². The maximum absolute atomic E-state index is 9.90. The first kappa shape index (κ1) is 23.2. The molecule has 0 bridgehead atoms. The molecule has 3 rings (SSSR count). The van der Waals surface area contributed by atoms with Crippen LogP contribution in [0.5, 0.6) is 0 Å². The van der Waals surface area contributed by atoms with Crippen LogP contribution in [0.15, 0.2) is 41.3 Å². The van der Waals surface area contributed by atoms with Gasteiger partial charge in [0, 0.05) is 45.3 Å². The first-order valence-electron chi connectivity index (χ1n) is 10.6. The summed E-state index contributed by atoms with van der Waals surface area (Å²) in [4.78, 5) is 9.90. The predicted molar refractivity (Wildman–Crippen MR) is 128 cm³/mol. The number of likely N-dealkylation sites (tertiary alicyclic amines) is 1. The number of aliphatic hydroxyl groups is 2. The van der Waals surface area contributed by atoms with Crippen molar-refractivity contribution in [2.75, 3.05) is 38.7 Å². The molecule has 1 aromatic heterocycles. The summed E-state index contributed by atoms with van der Waals surface area (Å²) in [6.45, 7) is 7.98. The fraction of sp³-hybridized carbons (Fsp3) is 0.478. The van der Waals surface area contributed by atoms with E-state index in [0.717, 1.165) is 52.4 Å². The van der Waals surface area contributed by atoms with E-state index < -0.39 is 0 Å². The molecule has 0 radical (unpaired) electrons. The summed E-state index contributed by atoms with van der Waals surface area (Å²) in [5, 5.41) is 26.7. The SMILES string of the molecule is CC=C(N(C)N=C(C)N1CCC(CO)C1)N(C)c1nc(-c2ccc(C)cc2)c(CO)s1. The van der Waals surface area contributed by atoms with Gasteiger partial charge in [0.15, 0.2) is 5.13 Å². The first-order chi connectivity index (χ1) is 14.9. The summed E-state index contributed by atoms with van der Waals surface area (Å²) in [5.74, 6) is 2.15. The molecule has 7 nitrogen and oxygen atoms in total. The molecule has 1 aromatic carbocycles. The number of thiazole rings is 1. The molecule has 1 fully saturated rings. The van der Waals surface area contributed by atoms with E-state index in [1.165, 1.54) is 16.9 Å². The van der Waals surface area contributed by atoms with Gasteiger partial charge in [0.1, 0.15) is 11.7 Å². The quantitative estimate of drug-likeness (QED) is 0.388. The third-order valence-corrected chi connectivity index (χ3v) is 6.79. The second-order valence-corrected chi connectivity index (χ2v) is 9.01. The largest absolute Gasteiger partial charge is 0.396 e. The van der Waals surface area contributed by atoms with Crippen LogP contribution in [0.2, 0.25) is 0 Å². The lowest BCUT2D eigenvalue weighted by Gasteiger charge is -2.27. The zero-order valence-corrected chi connectivity index (χ0v) is 19.9. The van der Waals surface area contributed by atoms with E-state index >= 15 is 0 Å². The summed E-state index contributed by atoms with van der Waals surface area (Å²) in [6.07, 6.45) is 3.00. The van der Waals surface area contributed by atoms with Crippen LogP contribution in [0.3, 0.4) is 0 Å². The molecule has 31 heavy (non-hydrogen) atoms. The summed E-state index contributed by atoms with van der Waals surface area (Å²) >= 11 is 1.49. The highest BCUT2D eigenvalue weighted by molar-refractivity contribution is 7.16. The average molecular weight is 444 g/mol. The number of rotatable bonds is 7. The Kier molecular flexibility index (Phi) is 7.69. The molecular formula is C23H33N5O2S. The maximum Gasteiger partial charge on any atom is 0.191 e. The van der Waals surface area contributed by atoms with Gasteiger partial charge in [-0.15, -0.1) is 0 Å². The van der Waals surface area contributed by atoms with E-state index in [-0.39, 0.29) is 13.2 Å². The van der Waals surface area contributed by atoms with Gasteiger partial charge >= 0.3 is 0 Å². The number of hydrogen-bond donors (Lipinski definition) is 2. The number of aryl methyl sites for hydroxylation is 1. The molecular weight excluding hydrogens is 410 g/mol. The number of hydrogen-bond acceptors (Lipinski definition) is 7. The molecule has 0 amide bonds. The van der Waals surface area contributed by atoms with E-state index in [9.17, 15) is 10.2 Å². The van der Waals surface area contributed by atoms with Crippen molar-refractivity contribution in [2.45, 2.75) is 33.8 Å². The Hall–Kier alpha value is -2.42. The molecule has 2 N–H and O–H groups in total. The van der Waals surface area contributed by atoms with Gasteiger partial charge in [0.05, 0.1) is 17.2 Å². The van der Waals surface area contributed by atoms with Crippen LogP contribution in [0.25, 0.3) is 11.3 Å². The Morgan fingerprint density at radius 2 is 2.00 bits per heavy atom. The van der Waals surface area contributed by atoms with Crippen molar-refractivity contribution in [3.8, 4) is 11.3 Å². The molecule has 1 saturated heterocycles. The molecule has 8 heteroatoms. The highest BCUT2D eigenvalue weighted by Gasteiger charge is 2.24. The van der Waals surface area contributed by atoms with Gasteiger partial charge < -0.3 is 20.0 Å². The van der Waals surface area contributed by atoms with Crippen LogP contribution in [-0.4, -0.2) is 64.7 Å². The van der Waals surface area contributed by atoms with Crippen molar-refractivity contribution in [2.24, 2.45) is 11.0 Å². The zero-order valence-electron chi connectivity index (χ0n) is 19.0. The number of aliphatic hydroxyl groups excluding tert-OH is 2. The highest BCUT2D eigenvalue weighted by atomic mass is 32.1. The second-order valence-electron chi connectivity index (χ2n) is 7.95. The highest BCUT2D eigenvalue weighted by Crippen LogP contribution is 2.34. The number of benzene rings is 1. The van der Waals surface area contributed by atoms with Gasteiger partial charge in [-0.2, -0.15) is 5.10 Å². The van der Waals surface area contributed by atoms with Crippen LogP contribution in [0.1, 0.15) is 30.7 Å². The van der Waals surface area contributed by atoms with E-state index in [1.807, 2.05) is 56.1 Å². The Morgan fingerprint density at radius 3 is 2.58 bits per heavy atom. The Labute approximate surface area is 188 Å². The van der Waals surface area contributed by atoms with Crippen LogP contribution >= 0.6 is 11.3 Å². The number of aromatic nitrogens is 1. The predicted octanol–water partition coefficient (Wildman–Crippen LogP) is 3.49. The zero-order chi connectivity index (χ0) is 22.5. The summed E-state index contributed by atoms with van der Waals surface area (Å²) in [6, 6.07) is 8.20. The normalized spacial score (nSPS) is 17.4. The lowest BCUT2D eigenvalue weighted by molar-refractivity contribution is 0.232. The molecule has 0 aliphatic carbocycles. The maximum atomic E-state index is 9.90. The fourth-order valence-corrected chi connectivity index (χ4v) is 4.74. The molecule has 1 aliphatic rings. The minimum atomic E-state index is -0.0476. The third kappa shape index (κ3) is 5.26. The number of anilines is 1. The van der Waals surface area contributed by atoms with Gasteiger partial charge in [-0.25, -0.2) is 4.98 Å². The molecule has 2 aromatic rings. The van der Waals surface area contributed by atoms with Crippen LogP contribution in [0, 0.1) is 12.8 Å². The Balaban J connectivity index is 1.81. The average Bonchev–Trinajstić information content (AvgIpc) is 3.42. The third-order valence-electron chi connectivity index (χ3n) is 5.67. The molecule has 1 aliphatic heterocycles. The molecule has 1 unspecified atom stereocenters. The molecule has 1 atom stereocenters. The lowest BCUT2D eigenvalue weighted by Crippen LogP contribution is -2.32. The molecule has 168 valence electrons. The lowest BCUT2D eigenvalue weighted by atomic mass is 10.1. The smallest absolute Gasteiger partial charge is 0.191 e. The van der Waals surface area contributed by atoms with Crippen LogP contribution in [-0.2, 0) is 6.61 Å². The van der Waals surface area contributed by atoms with E-state index in [4.69, 9.17) is 10.1 Å². The topological polar surface area (TPSA) is 75.4 Å². The minimum absolute atomic E-state index is 0.0476. The van der Waals surface area contributed by atoms with Crippen molar-refractivity contribution >= 4 is 22.3 Å². The van der Waals surface area contributed by atoms with Crippen molar-refractivity contribution in [3.63, 3.8) is 0 Å². The first-order valence-corrected chi connectivity index (χ1v) is 11.4. The Bertz CT molecular complexity index is 938. The van der Waals surface area contributed by atoms with Crippen molar-refractivity contribution in [3.05, 3.63) is 46.6 Å². The van der Waals surface area contributed by atoms with Gasteiger partial charge in [-0.1, -0.05) is 41.2 Å². The van der Waals surface area contributed by atoms with Gasteiger partial charge in [-0.3, -0.25) is 5.01 Å². The molecule has 2 heterocycles. The fourth-order valence-electron chi connectivity index (χ4n) is 3.83. The molecule has 0 spiro atoms. The summed E-state index contributed by atoms with van der Waals surface area (Å²) < 4.78 is 0. The van der Waals surface area contributed by atoms with E-state index in [2.05, 4.69) is 24.0 Å². The van der Waals surface area contributed by atoms with Crippen molar-refractivity contribution < 1.29 is 10.2 Å². The van der Waals surface area contributed by atoms with Gasteiger partial charge in [-0.05, 0) is 33.3 Å². The van der Waals surface area contributed by atoms with Gasteiger partial charge in [0.25, 0.3) is 0 Å². The minimum Gasteiger partial charge on any atom is -0.396 e. The van der Waals surface area contributed by atoms with E-state index in [0.29, 0.717) is 5.92 Å². The van der Waals surface area contributed by atoms with Crippen molar-refractivity contribution in [1.29, 1.82) is 0 Å². The van der Waals surface area contributed by atoms with Crippen LogP contribution < -0.4 is 4.90 Å². The standard InChI is InChI=1S/C23H33N5O2S/c1-6-21(27(5)25-17(3)28-12-11-18(13-28)14-29)26(4)23-24-22(20(15-30)31-23)19-9-7-16(2)8-10-19/h6-10,18,29-30H,11-15H2,1-5H3. The van der Waals surface area contributed by atoms with Crippen LogP contribution in [0.4, 0.5) is 5.13 Å². The van der Waals surface area contributed by atoms with E-state index in [1.54, 1.807) is 0 Å². The number of amidine groups is 1. The number of nitrogens with zero attached hydrogens (tertiary/aromatic N) is 5. The molecule has 0 saturated carbocycles.